The lowest BCUT2D eigenvalue weighted by Crippen LogP contribution is -2.33. The van der Waals surface area contributed by atoms with Crippen LogP contribution in [0.1, 0.15) is 27.0 Å². The third-order valence-electron chi connectivity index (χ3n) is 4.86. The summed E-state index contributed by atoms with van der Waals surface area (Å²) in [6.45, 7) is 3.36. The van der Waals surface area contributed by atoms with Gasteiger partial charge in [-0.15, -0.1) is 0 Å². The Labute approximate surface area is 198 Å². The van der Waals surface area contributed by atoms with Gasteiger partial charge in [0, 0.05) is 12.1 Å². The van der Waals surface area contributed by atoms with Crippen molar-refractivity contribution in [3.05, 3.63) is 94.0 Å². The summed E-state index contributed by atoms with van der Waals surface area (Å²) in [4.78, 5) is 24.7. The fourth-order valence-electron chi connectivity index (χ4n) is 3.06. The minimum absolute atomic E-state index is 0.00182. The summed E-state index contributed by atoms with van der Waals surface area (Å²) >= 11 is 6.11. The largest absolute Gasteiger partial charge is 0.343 e. The zero-order chi connectivity index (χ0) is 24.0. The van der Waals surface area contributed by atoms with Crippen molar-refractivity contribution in [1.82, 2.24) is 10.0 Å². The molecule has 3 aromatic carbocycles. The Hall–Kier alpha value is -3.20. The maximum atomic E-state index is 12.8. The number of sulfonamides is 1. The number of benzene rings is 3. The van der Waals surface area contributed by atoms with E-state index in [0.717, 1.165) is 11.1 Å². The van der Waals surface area contributed by atoms with Gasteiger partial charge < -0.3 is 10.6 Å². The molecule has 9 heteroatoms. The number of aryl methyl sites for hydroxylation is 2. The molecule has 0 aliphatic rings. The highest BCUT2D eigenvalue weighted by molar-refractivity contribution is 7.89. The van der Waals surface area contributed by atoms with Gasteiger partial charge in [-0.1, -0.05) is 54.1 Å². The molecule has 2 amide bonds. The van der Waals surface area contributed by atoms with Crippen LogP contribution in [0, 0.1) is 13.8 Å². The van der Waals surface area contributed by atoms with Gasteiger partial charge in [0.05, 0.1) is 22.2 Å². The predicted molar refractivity (Wildman–Crippen MR) is 129 cm³/mol. The van der Waals surface area contributed by atoms with E-state index >= 15 is 0 Å². The highest BCUT2D eigenvalue weighted by Gasteiger charge is 2.19. The Balaban J connectivity index is 1.65. The average Bonchev–Trinajstić information content (AvgIpc) is 2.79. The summed E-state index contributed by atoms with van der Waals surface area (Å²) < 4.78 is 28.2. The molecular weight excluding hydrogens is 462 g/mol. The Morgan fingerprint density at radius 3 is 2.36 bits per heavy atom. The maximum Gasteiger partial charge on any atom is 0.251 e. The number of carbonyl (C=O) groups is 2. The lowest BCUT2D eigenvalue weighted by Gasteiger charge is -2.12. The number of halogens is 1. The molecule has 0 unspecified atom stereocenters. The quantitative estimate of drug-likeness (QED) is 0.451. The van der Waals surface area contributed by atoms with E-state index in [2.05, 4.69) is 15.4 Å². The van der Waals surface area contributed by atoms with Crippen LogP contribution in [-0.2, 0) is 21.4 Å². The lowest BCUT2D eigenvalue weighted by atomic mass is 10.1. The highest BCUT2D eigenvalue weighted by Crippen LogP contribution is 2.22. The van der Waals surface area contributed by atoms with E-state index < -0.39 is 21.8 Å². The number of carbonyl (C=O) groups excluding carboxylic acids is 2. The van der Waals surface area contributed by atoms with Crippen LogP contribution in [0.4, 0.5) is 5.69 Å². The van der Waals surface area contributed by atoms with E-state index in [-0.39, 0.29) is 23.5 Å². The summed E-state index contributed by atoms with van der Waals surface area (Å²) in [5.41, 5.74) is 2.83. The summed E-state index contributed by atoms with van der Waals surface area (Å²) in [7, 11) is -3.85. The molecule has 172 valence electrons. The monoisotopic (exact) mass is 485 g/mol. The zero-order valence-corrected chi connectivity index (χ0v) is 19.8. The topological polar surface area (TPSA) is 104 Å². The van der Waals surface area contributed by atoms with Gasteiger partial charge in [0.2, 0.25) is 15.9 Å². The molecule has 3 rings (SSSR count). The number of anilines is 1. The van der Waals surface area contributed by atoms with E-state index in [0.29, 0.717) is 16.3 Å². The SMILES string of the molecule is Cc1ccc(NC(=O)CNC(=O)c2ccc(C)c(S(=O)(=O)NCc3ccccc3)c2)c(Cl)c1. The van der Waals surface area contributed by atoms with Crippen LogP contribution in [-0.4, -0.2) is 26.8 Å². The van der Waals surface area contributed by atoms with Gasteiger partial charge in [-0.3, -0.25) is 9.59 Å². The van der Waals surface area contributed by atoms with Gasteiger partial charge in [0.1, 0.15) is 0 Å². The first-order valence-corrected chi connectivity index (χ1v) is 12.0. The van der Waals surface area contributed by atoms with E-state index in [1.165, 1.54) is 12.1 Å². The van der Waals surface area contributed by atoms with Gasteiger partial charge in [-0.05, 0) is 54.8 Å². The van der Waals surface area contributed by atoms with E-state index in [9.17, 15) is 18.0 Å². The van der Waals surface area contributed by atoms with Crippen molar-refractivity contribution >= 4 is 39.1 Å². The van der Waals surface area contributed by atoms with E-state index in [4.69, 9.17) is 11.6 Å². The van der Waals surface area contributed by atoms with E-state index in [1.54, 1.807) is 31.2 Å². The molecule has 0 aliphatic heterocycles. The number of amides is 2. The molecular formula is C24H24ClN3O4S. The molecule has 0 bridgehead atoms. The summed E-state index contributed by atoms with van der Waals surface area (Å²) in [6, 6.07) is 18.7. The molecule has 0 aliphatic carbocycles. The molecule has 0 radical (unpaired) electrons. The van der Waals surface area contributed by atoms with Crippen molar-refractivity contribution in [3.8, 4) is 0 Å². The summed E-state index contributed by atoms with van der Waals surface area (Å²) in [5.74, 6) is -1.03. The van der Waals surface area contributed by atoms with Gasteiger partial charge in [0.25, 0.3) is 5.91 Å². The fourth-order valence-corrected chi connectivity index (χ4v) is 4.63. The molecule has 0 saturated carbocycles. The lowest BCUT2D eigenvalue weighted by molar-refractivity contribution is -0.115. The molecule has 0 fully saturated rings. The van der Waals surface area contributed by atoms with Crippen LogP contribution >= 0.6 is 11.6 Å². The number of hydrogen-bond donors (Lipinski definition) is 3. The third-order valence-corrected chi connectivity index (χ3v) is 6.71. The predicted octanol–water partition coefficient (Wildman–Crippen LogP) is 3.80. The fraction of sp³-hybridized carbons (Fsp3) is 0.167. The van der Waals surface area contributed by atoms with Crippen LogP contribution in [0.5, 0.6) is 0 Å². The molecule has 3 aromatic rings. The second kappa shape index (κ2) is 10.6. The Bertz CT molecular complexity index is 1280. The molecule has 33 heavy (non-hydrogen) atoms. The van der Waals surface area contributed by atoms with Crippen LogP contribution in [0.2, 0.25) is 5.02 Å². The smallest absolute Gasteiger partial charge is 0.251 e. The third kappa shape index (κ3) is 6.64. The van der Waals surface area contributed by atoms with Crippen molar-refractivity contribution in [2.24, 2.45) is 0 Å². The molecule has 0 aromatic heterocycles. The minimum Gasteiger partial charge on any atom is -0.343 e. The average molecular weight is 486 g/mol. The first-order chi connectivity index (χ1) is 15.7. The Morgan fingerprint density at radius 1 is 0.939 bits per heavy atom. The first-order valence-electron chi connectivity index (χ1n) is 10.1. The molecule has 0 saturated heterocycles. The minimum atomic E-state index is -3.85. The number of hydrogen-bond acceptors (Lipinski definition) is 4. The molecule has 3 N–H and O–H groups in total. The normalized spacial score (nSPS) is 11.1. The Kier molecular flexibility index (Phi) is 7.86. The van der Waals surface area contributed by atoms with Crippen molar-refractivity contribution < 1.29 is 18.0 Å². The molecule has 0 heterocycles. The van der Waals surface area contributed by atoms with Gasteiger partial charge in [-0.25, -0.2) is 13.1 Å². The summed E-state index contributed by atoms with van der Waals surface area (Å²) in [5, 5.41) is 5.52. The van der Waals surface area contributed by atoms with E-state index in [1.807, 2.05) is 37.3 Å². The standard InChI is InChI=1S/C24H24ClN3O4S/c1-16-8-11-21(20(25)12-16)28-23(29)15-26-24(30)19-10-9-17(2)22(13-19)33(31,32)27-14-18-6-4-3-5-7-18/h3-13,27H,14-15H2,1-2H3,(H,26,30)(H,28,29). The second-order valence-corrected chi connectivity index (χ2v) is 9.65. The first kappa shape index (κ1) is 24.4. The number of rotatable bonds is 8. The van der Waals surface area contributed by atoms with Crippen molar-refractivity contribution in [3.63, 3.8) is 0 Å². The van der Waals surface area contributed by atoms with Crippen LogP contribution in [0.15, 0.2) is 71.6 Å². The van der Waals surface area contributed by atoms with Crippen LogP contribution in [0.3, 0.4) is 0 Å². The zero-order valence-electron chi connectivity index (χ0n) is 18.2. The molecule has 0 atom stereocenters. The van der Waals surface area contributed by atoms with Crippen molar-refractivity contribution in [1.29, 1.82) is 0 Å². The second-order valence-electron chi connectivity index (χ2n) is 7.50. The summed E-state index contributed by atoms with van der Waals surface area (Å²) in [6.07, 6.45) is 0. The van der Waals surface area contributed by atoms with Crippen molar-refractivity contribution in [2.45, 2.75) is 25.3 Å². The van der Waals surface area contributed by atoms with Gasteiger partial charge in [0.15, 0.2) is 0 Å². The van der Waals surface area contributed by atoms with Crippen molar-refractivity contribution in [2.75, 3.05) is 11.9 Å². The Morgan fingerprint density at radius 2 is 1.67 bits per heavy atom. The number of nitrogens with one attached hydrogen (secondary N) is 3. The molecule has 7 nitrogen and oxygen atoms in total. The maximum absolute atomic E-state index is 12.8. The van der Waals surface area contributed by atoms with Crippen LogP contribution < -0.4 is 15.4 Å². The highest BCUT2D eigenvalue weighted by atomic mass is 35.5. The molecule has 0 spiro atoms. The van der Waals surface area contributed by atoms with Crippen LogP contribution in [0.25, 0.3) is 0 Å². The van der Waals surface area contributed by atoms with Gasteiger partial charge in [-0.2, -0.15) is 0 Å². The van der Waals surface area contributed by atoms with Gasteiger partial charge >= 0.3 is 0 Å².